The van der Waals surface area contributed by atoms with Crippen molar-refractivity contribution in [3.05, 3.63) is 95.3 Å². The lowest BCUT2D eigenvalue weighted by atomic mass is 10.1. The molecule has 6 nitrogen and oxygen atoms in total. The number of aryl methyl sites for hydroxylation is 3. The number of carbonyl (C=O) groups excluding carboxylic acids is 1. The Kier molecular flexibility index (Phi) is 7.10. The third-order valence-electron chi connectivity index (χ3n) is 5.15. The van der Waals surface area contributed by atoms with Crippen LogP contribution in [-0.4, -0.2) is 26.4 Å². The average Bonchev–Trinajstić information content (AvgIpc) is 3.22. The van der Waals surface area contributed by atoms with E-state index in [-0.39, 0.29) is 18.3 Å². The van der Waals surface area contributed by atoms with Crippen molar-refractivity contribution < 1.29 is 9.53 Å². The van der Waals surface area contributed by atoms with Crippen LogP contribution in [-0.2, 0) is 11.4 Å². The molecule has 1 amide bonds. The van der Waals surface area contributed by atoms with Crippen molar-refractivity contribution >= 4 is 23.4 Å². The van der Waals surface area contributed by atoms with E-state index < -0.39 is 0 Å². The highest BCUT2D eigenvalue weighted by Crippen LogP contribution is 2.25. The number of hydrogen-bond donors (Lipinski definition) is 1. The normalized spacial score (nSPS) is 10.8. The summed E-state index contributed by atoms with van der Waals surface area (Å²) in [5.74, 6) is 1.58. The monoisotopic (exact) mass is 458 g/mol. The van der Waals surface area contributed by atoms with Gasteiger partial charge in [-0.25, -0.2) is 0 Å². The summed E-state index contributed by atoms with van der Waals surface area (Å²) < 4.78 is 7.90. The average molecular weight is 459 g/mol. The van der Waals surface area contributed by atoms with Gasteiger partial charge in [-0.05, 0) is 61.7 Å². The number of nitrogens with zero attached hydrogens (tertiary/aromatic N) is 3. The molecule has 1 N–H and O–H groups in total. The maximum atomic E-state index is 12.7. The number of benzene rings is 3. The van der Waals surface area contributed by atoms with E-state index in [1.54, 1.807) is 0 Å². The van der Waals surface area contributed by atoms with E-state index in [4.69, 9.17) is 4.74 Å². The number of carbonyl (C=O) groups is 1. The van der Waals surface area contributed by atoms with Crippen molar-refractivity contribution in [2.24, 2.45) is 0 Å². The van der Waals surface area contributed by atoms with E-state index in [0.717, 1.165) is 33.8 Å². The molecule has 1 heterocycles. The molecular formula is C26H26N4O2S. The summed E-state index contributed by atoms with van der Waals surface area (Å²) in [6.07, 6.45) is 0. The SMILES string of the molecule is Cc1cccc(OCc2nnc(SCC(=O)Nc3c(C)cccc3C)n2-c2ccccc2)c1. The summed E-state index contributed by atoms with van der Waals surface area (Å²) in [5.41, 5.74) is 4.99. The fraction of sp³-hybridized carbons (Fsp3) is 0.192. The predicted molar refractivity (Wildman–Crippen MR) is 132 cm³/mol. The third kappa shape index (κ3) is 5.62. The zero-order chi connectivity index (χ0) is 23.2. The van der Waals surface area contributed by atoms with Gasteiger partial charge >= 0.3 is 0 Å². The Morgan fingerprint density at radius 3 is 2.39 bits per heavy atom. The second-order valence-corrected chi connectivity index (χ2v) is 8.72. The molecule has 0 saturated carbocycles. The third-order valence-corrected chi connectivity index (χ3v) is 6.08. The Balaban J connectivity index is 1.51. The number of aromatic nitrogens is 3. The van der Waals surface area contributed by atoms with Crippen LogP contribution in [0, 0.1) is 20.8 Å². The Morgan fingerprint density at radius 1 is 0.939 bits per heavy atom. The largest absolute Gasteiger partial charge is 0.486 e. The number of thioether (sulfide) groups is 1. The minimum atomic E-state index is -0.0856. The molecule has 0 atom stereocenters. The molecule has 0 saturated heterocycles. The lowest BCUT2D eigenvalue weighted by Crippen LogP contribution is -2.16. The van der Waals surface area contributed by atoms with Crippen molar-refractivity contribution in [1.29, 1.82) is 0 Å². The molecule has 0 radical (unpaired) electrons. The van der Waals surface area contributed by atoms with Gasteiger partial charge in [0.2, 0.25) is 5.91 Å². The van der Waals surface area contributed by atoms with Gasteiger partial charge in [0.05, 0.1) is 5.75 Å². The number of nitrogens with one attached hydrogen (secondary N) is 1. The van der Waals surface area contributed by atoms with Crippen molar-refractivity contribution in [2.75, 3.05) is 11.1 Å². The number of para-hydroxylation sites is 2. The fourth-order valence-electron chi connectivity index (χ4n) is 3.49. The molecule has 168 valence electrons. The van der Waals surface area contributed by atoms with Crippen LogP contribution >= 0.6 is 11.8 Å². The van der Waals surface area contributed by atoms with E-state index in [1.165, 1.54) is 11.8 Å². The Hall–Kier alpha value is -3.58. The number of rotatable bonds is 8. The van der Waals surface area contributed by atoms with E-state index >= 15 is 0 Å². The topological polar surface area (TPSA) is 69.0 Å². The van der Waals surface area contributed by atoms with Gasteiger partial charge in [0, 0.05) is 11.4 Å². The Labute approximate surface area is 198 Å². The van der Waals surface area contributed by atoms with E-state index in [9.17, 15) is 4.79 Å². The van der Waals surface area contributed by atoms with Crippen LogP contribution in [0.15, 0.2) is 78.0 Å². The van der Waals surface area contributed by atoms with Gasteiger partial charge in [-0.1, -0.05) is 60.3 Å². The van der Waals surface area contributed by atoms with Gasteiger partial charge < -0.3 is 10.1 Å². The molecule has 0 fully saturated rings. The number of ether oxygens (including phenoxy) is 1. The summed E-state index contributed by atoms with van der Waals surface area (Å²) in [6.45, 7) is 6.27. The van der Waals surface area contributed by atoms with Gasteiger partial charge in [-0.2, -0.15) is 0 Å². The highest BCUT2D eigenvalue weighted by molar-refractivity contribution is 7.99. The van der Waals surface area contributed by atoms with Crippen LogP contribution in [0.3, 0.4) is 0 Å². The molecule has 0 aliphatic heterocycles. The molecule has 0 bridgehead atoms. The maximum Gasteiger partial charge on any atom is 0.234 e. The van der Waals surface area contributed by atoms with Gasteiger partial charge in [0.25, 0.3) is 0 Å². The van der Waals surface area contributed by atoms with Crippen LogP contribution in [0.5, 0.6) is 5.75 Å². The summed E-state index contributed by atoms with van der Waals surface area (Å²) >= 11 is 1.35. The van der Waals surface area contributed by atoms with Crippen molar-refractivity contribution in [2.45, 2.75) is 32.5 Å². The zero-order valence-corrected chi connectivity index (χ0v) is 19.7. The Bertz CT molecular complexity index is 1230. The first-order valence-corrected chi connectivity index (χ1v) is 11.7. The van der Waals surface area contributed by atoms with Crippen molar-refractivity contribution in [3.8, 4) is 11.4 Å². The number of anilines is 1. The van der Waals surface area contributed by atoms with Crippen LogP contribution in [0.1, 0.15) is 22.5 Å². The molecule has 7 heteroatoms. The lowest BCUT2D eigenvalue weighted by molar-refractivity contribution is -0.113. The van der Waals surface area contributed by atoms with E-state index in [1.807, 2.05) is 98.1 Å². The second kappa shape index (κ2) is 10.4. The van der Waals surface area contributed by atoms with Gasteiger partial charge in [0.1, 0.15) is 12.4 Å². The number of amides is 1. The van der Waals surface area contributed by atoms with Gasteiger partial charge in [-0.15, -0.1) is 10.2 Å². The van der Waals surface area contributed by atoms with Crippen LogP contribution in [0.25, 0.3) is 5.69 Å². The van der Waals surface area contributed by atoms with Crippen LogP contribution in [0.2, 0.25) is 0 Å². The highest BCUT2D eigenvalue weighted by atomic mass is 32.2. The fourth-order valence-corrected chi connectivity index (χ4v) is 4.26. The molecule has 0 unspecified atom stereocenters. The standard InChI is InChI=1S/C26H26N4O2S/c1-18-9-7-14-22(15-18)32-16-23-28-29-26(30(23)21-12-5-4-6-13-21)33-17-24(31)27-25-19(2)10-8-11-20(25)3/h4-15H,16-17H2,1-3H3,(H,27,31). The van der Waals surface area contributed by atoms with Crippen molar-refractivity contribution in [1.82, 2.24) is 14.8 Å². The van der Waals surface area contributed by atoms with Crippen LogP contribution in [0.4, 0.5) is 5.69 Å². The lowest BCUT2D eigenvalue weighted by Gasteiger charge is -2.12. The maximum absolute atomic E-state index is 12.7. The molecule has 4 rings (SSSR count). The minimum Gasteiger partial charge on any atom is -0.486 e. The number of hydrogen-bond acceptors (Lipinski definition) is 5. The summed E-state index contributed by atoms with van der Waals surface area (Å²) in [4.78, 5) is 12.7. The summed E-state index contributed by atoms with van der Waals surface area (Å²) in [6, 6.07) is 23.7. The van der Waals surface area contributed by atoms with E-state index in [2.05, 4.69) is 15.5 Å². The smallest absolute Gasteiger partial charge is 0.234 e. The summed E-state index contributed by atoms with van der Waals surface area (Å²) in [5, 5.41) is 12.4. The second-order valence-electron chi connectivity index (χ2n) is 7.78. The van der Waals surface area contributed by atoms with E-state index in [0.29, 0.717) is 11.0 Å². The molecule has 33 heavy (non-hydrogen) atoms. The molecule has 4 aromatic rings. The first-order valence-electron chi connectivity index (χ1n) is 10.7. The Morgan fingerprint density at radius 2 is 1.67 bits per heavy atom. The zero-order valence-electron chi connectivity index (χ0n) is 18.9. The molecule has 0 aliphatic carbocycles. The van der Waals surface area contributed by atoms with Gasteiger partial charge in [0.15, 0.2) is 11.0 Å². The predicted octanol–water partition coefficient (Wildman–Crippen LogP) is 5.50. The van der Waals surface area contributed by atoms with Crippen LogP contribution < -0.4 is 10.1 Å². The first kappa shape index (κ1) is 22.6. The summed E-state index contributed by atoms with van der Waals surface area (Å²) in [7, 11) is 0. The molecule has 0 spiro atoms. The molecule has 1 aromatic heterocycles. The quantitative estimate of drug-likeness (QED) is 0.353. The molecule has 0 aliphatic rings. The molecule has 3 aromatic carbocycles. The van der Waals surface area contributed by atoms with Gasteiger partial charge in [-0.3, -0.25) is 9.36 Å². The molecular weight excluding hydrogens is 432 g/mol. The minimum absolute atomic E-state index is 0.0856. The first-order chi connectivity index (χ1) is 16.0. The van der Waals surface area contributed by atoms with Crippen molar-refractivity contribution in [3.63, 3.8) is 0 Å². The highest BCUT2D eigenvalue weighted by Gasteiger charge is 2.17.